The minimum Gasteiger partial charge on any atom is -0.339 e. The van der Waals surface area contributed by atoms with Gasteiger partial charge in [0.05, 0.1) is 24.6 Å². The summed E-state index contributed by atoms with van der Waals surface area (Å²) in [6, 6.07) is 4.46. The van der Waals surface area contributed by atoms with E-state index in [1.165, 1.54) is 0 Å². The maximum atomic E-state index is 9.22. The Bertz CT molecular complexity index is 585. The first kappa shape index (κ1) is 18.4. The highest BCUT2D eigenvalue weighted by Crippen LogP contribution is 2.14. The van der Waals surface area contributed by atoms with Crippen LogP contribution in [0, 0.1) is 28.6 Å². The van der Waals surface area contributed by atoms with Crippen molar-refractivity contribution in [1.29, 1.82) is 10.5 Å². The Kier molecular flexibility index (Phi) is 7.17. The average Bonchev–Trinajstić information content (AvgIpc) is 2.93. The highest BCUT2D eigenvalue weighted by Gasteiger charge is 2.20. The molecule has 7 heteroatoms. The van der Waals surface area contributed by atoms with Crippen LogP contribution >= 0.6 is 0 Å². The van der Waals surface area contributed by atoms with E-state index in [0.29, 0.717) is 25.3 Å². The van der Waals surface area contributed by atoms with Crippen molar-refractivity contribution in [2.24, 2.45) is 5.92 Å². The van der Waals surface area contributed by atoms with Crippen LogP contribution in [0.1, 0.15) is 50.7 Å². The molecule has 0 aliphatic carbocycles. The van der Waals surface area contributed by atoms with Gasteiger partial charge in [-0.3, -0.25) is 4.90 Å². The van der Waals surface area contributed by atoms with Crippen molar-refractivity contribution < 1.29 is 4.52 Å². The van der Waals surface area contributed by atoms with E-state index in [2.05, 4.69) is 32.1 Å². The summed E-state index contributed by atoms with van der Waals surface area (Å²) in [7, 11) is 0. The van der Waals surface area contributed by atoms with Gasteiger partial charge in [0.1, 0.15) is 0 Å². The fourth-order valence-corrected chi connectivity index (χ4v) is 2.88. The van der Waals surface area contributed by atoms with E-state index in [4.69, 9.17) is 9.78 Å². The third-order valence-corrected chi connectivity index (χ3v) is 4.29. The summed E-state index contributed by atoms with van der Waals surface area (Å²) in [5.41, 5.74) is 0. The maximum absolute atomic E-state index is 9.22. The van der Waals surface area contributed by atoms with Crippen molar-refractivity contribution >= 4 is 0 Å². The molecule has 0 radical (unpaired) electrons. The zero-order valence-corrected chi connectivity index (χ0v) is 14.6. The van der Waals surface area contributed by atoms with Crippen LogP contribution in [-0.2, 0) is 6.54 Å². The predicted octanol–water partition coefficient (Wildman–Crippen LogP) is 2.14. The molecule has 130 valence electrons. The Labute approximate surface area is 143 Å². The molecule has 0 saturated carbocycles. The summed E-state index contributed by atoms with van der Waals surface area (Å²) in [4.78, 5) is 9.12. The minimum absolute atomic E-state index is 0.0537. The van der Waals surface area contributed by atoms with E-state index in [9.17, 15) is 5.26 Å². The molecular formula is C17H26N6O. The lowest BCUT2D eigenvalue weighted by Crippen LogP contribution is -2.33. The number of hydrogen-bond donors (Lipinski definition) is 0. The van der Waals surface area contributed by atoms with E-state index >= 15 is 0 Å². The van der Waals surface area contributed by atoms with Gasteiger partial charge in [-0.1, -0.05) is 19.0 Å². The highest BCUT2D eigenvalue weighted by molar-refractivity contribution is 4.92. The molecule has 0 spiro atoms. The van der Waals surface area contributed by atoms with Crippen molar-refractivity contribution in [3.8, 4) is 12.1 Å². The van der Waals surface area contributed by atoms with E-state index in [-0.39, 0.29) is 11.8 Å². The summed E-state index contributed by atoms with van der Waals surface area (Å²) >= 11 is 0. The molecule has 1 aromatic rings. The first-order valence-corrected chi connectivity index (χ1v) is 8.66. The molecule has 0 bridgehead atoms. The smallest absolute Gasteiger partial charge is 0.229 e. The number of aromatic nitrogens is 2. The number of rotatable bonds is 7. The zero-order chi connectivity index (χ0) is 17.4. The van der Waals surface area contributed by atoms with Crippen LogP contribution < -0.4 is 0 Å². The molecule has 1 fully saturated rings. The van der Waals surface area contributed by atoms with Crippen molar-refractivity contribution in [3.05, 3.63) is 11.7 Å². The quantitative estimate of drug-likeness (QED) is 0.756. The summed E-state index contributed by atoms with van der Waals surface area (Å²) < 4.78 is 5.26. The molecule has 24 heavy (non-hydrogen) atoms. The second-order valence-corrected chi connectivity index (χ2v) is 6.66. The molecule has 1 saturated heterocycles. The van der Waals surface area contributed by atoms with Crippen LogP contribution in [0.3, 0.4) is 0 Å². The van der Waals surface area contributed by atoms with Crippen molar-refractivity contribution in [1.82, 2.24) is 19.9 Å². The summed E-state index contributed by atoms with van der Waals surface area (Å²) in [6.07, 6.45) is 2.17. The van der Waals surface area contributed by atoms with Gasteiger partial charge in [0.25, 0.3) is 0 Å². The van der Waals surface area contributed by atoms with Gasteiger partial charge in [0.15, 0.2) is 5.82 Å². The molecule has 0 amide bonds. The van der Waals surface area contributed by atoms with Gasteiger partial charge in [0, 0.05) is 32.0 Å². The van der Waals surface area contributed by atoms with Gasteiger partial charge in [-0.2, -0.15) is 15.5 Å². The molecule has 0 aromatic carbocycles. The second-order valence-electron chi connectivity index (χ2n) is 6.66. The van der Waals surface area contributed by atoms with Gasteiger partial charge < -0.3 is 9.42 Å². The molecule has 1 unspecified atom stereocenters. The zero-order valence-electron chi connectivity index (χ0n) is 14.6. The number of hydrogen-bond acceptors (Lipinski definition) is 7. The van der Waals surface area contributed by atoms with Gasteiger partial charge in [-0.25, -0.2) is 0 Å². The lowest BCUT2D eigenvalue weighted by Gasteiger charge is -2.22. The third-order valence-electron chi connectivity index (χ3n) is 4.29. The first-order chi connectivity index (χ1) is 11.6. The summed E-state index contributed by atoms with van der Waals surface area (Å²) in [5.74, 6) is 1.64. The standard InChI is InChI=1S/C17H26N6O/c1-14(2)17-20-16(21-24-17)13-23-8-4-7-22(9-10-23)12-15(11-19)5-3-6-18/h14-15H,3-5,7-10,12-13H2,1-2H3. The molecule has 0 N–H and O–H groups in total. The molecule has 1 aliphatic heterocycles. The van der Waals surface area contributed by atoms with Gasteiger partial charge in [0.2, 0.25) is 5.89 Å². The van der Waals surface area contributed by atoms with Gasteiger partial charge in [-0.05, 0) is 25.9 Å². The topological polar surface area (TPSA) is 93.0 Å². The summed E-state index contributed by atoms with van der Waals surface area (Å²) in [5, 5.41) is 22.0. The van der Waals surface area contributed by atoms with E-state index in [1.807, 2.05) is 13.8 Å². The molecular weight excluding hydrogens is 304 g/mol. The Balaban J connectivity index is 1.81. The van der Waals surface area contributed by atoms with Crippen LogP contribution in [0.25, 0.3) is 0 Å². The van der Waals surface area contributed by atoms with Crippen LogP contribution in [0.5, 0.6) is 0 Å². The van der Waals surface area contributed by atoms with E-state index < -0.39 is 0 Å². The monoisotopic (exact) mass is 330 g/mol. The van der Waals surface area contributed by atoms with Gasteiger partial charge >= 0.3 is 0 Å². The highest BCUT2D eigenvalue weighted by atomic mass is 16.5. The Hall–Kier alpha value is -1.96. The number of nitriles is 2. The molecule has 1 aromatic heterocycles. The Morgan fingerprint density at radius 3 is 2.58 bits per heavy atom. The largest absolute Gasteiger partial charge is 0.339 e. The average molecular weight is 330 g/mol. The van der Waals surface area contributed by atoms with Crippen LogP contribution in [0.15, 0.2) is 4.52 Å². The van der Waals surface area contributed by atoms with Crippen LogP contribution in [0.4, 0.5) is 0 Å². The van der Waals surface area contributed by atoms with Crippen molar-refractivity contribution in [3.63, 3.8) is 0 Å². The fourth-order valence-electron chi connectivity index (χ4n) is 2.88. The predicted molar refractivity (Wildman–Crippen MR) is 88.7 cm³/mol. The number of nitrogens with zero attached hydrogens (tertiary/aromatic N) is 6. The fraction of sp³-hybridized carbons (Fsp3) is 0.765. The maximum Gasteiger partial charge on any atom is 0.229 e. The first-order valence-electron chi connectivity index (χ1n) is 8.66. The van der Waals surface area contributed by atoms with E-state index in [1.54, 1.807) is 0 Å². The second kappa shape index (κ2) is 9.36. The lowest BCUT2D eigenvalue weighted by atomic mass is 10.0. The van der Waals surface area contributed by atoms with Crippen molar-refractivity contribution in [2.75, 3.05) is 32.7 Å². The van der Waals surface area contributed by atoms with Crippen molar-refractivity contribution in [2.45, 2.75) is 45.6 Å². The Morgan fingerprint density at radius 1 is 1.17 bits per heavy atom. The molecule has 1 atom stereocenters. The molecule has 1 aliphatic rings. The molecule has 7 nitrogen and oxygen atoms in total. The summed E-state index contributed by atoms with van der Waals surface area (Å²) in [6.45, 7) is 9.40. The molecule has 2 heterocycles. The third kappa shape index (κ3) is 5.59. The van der Waals surface area contributed by atoms with E-state index in [0.717, 1.165) is 45.0 Å². The molecule has 2 rings (SSSR count). The van der Waals surface area contributed by atoms with Crippen LogP contribution in [0.2, 0.25) is 0 Å². The van der Waals surface area contributed by atoms with Crippen LogP contribution in [-0.4, -0.2) is 52.7 Å². The normalized spacial score (nSPS) is 18.0. The SMILES string of the molecule is CC(C)c1nc(CN2CCCN(CC(C#N)CCC#N)CC2)no1. The Morgan fingerprint density at radius 2 is 1.92 bits per heavy atom. The minimum atomic E-state index is -0.0537. The lowest BCUT2D eigenvalue weighted by molar-refractivity contribution is 0.232. The van der Waals surface area contributed by atoms with Gasteiger partial charge in [-0.15, -0.1) is 0 Å².